The topological polar surface area (TPSA) is 28.2 Å². The molecule has 1 heterocycles. The molecule has 0 saturated carbocycles. The normalized spacial score (nSPS) is 11.4. The van der Waals surface area contributed by atoms with E-state index < -0.39 is 0 Å². The molecule has 0 fully saturated rings. The SMILES string of the molecule is CCNCc1ccc(N(CC(C)C)C(CC)CC)nc1C. The van der Waals surface area contributed by atoms with Crippen LogP contribution in [0.15, 0.2) is 12.1 Å². The summed E-state index contributed by atoms with van der Waals surface area (Å²) in [6.45, 7) is 16.3. The quantitative estimate of drug-likeness (QED) is 0.741. The molecule has 0 saturated heterocycles. The van der Waals surface area contributed by atoms with Crippen molar-refractivity contribution >= 4 is 5.82 Å². The molecule has 0 unspecified atom stereocenters. The van der Waals surface area contributed by atoms with Crippen molar-refractivity contribution < 1.29 is 0 Å². The van der Waals surface area contributed by atoms with Crippen LogP contribution < -0.4 is 10.2 Å². The number of pyridine rings is 1. The van der Waals surface area contributed by atoms with Crippen LogP contribution in [0.4, 0.5) is 5.82 Å². The van der Waals surface area contributed by atoms with Crippen molar-refractivity contribution in [3.05, 3.63) is 23.4 Å². The number of rotatable bonds is 9. The highest BCUT2D eigenvalue weighted by atomic mass is 15.2. The van der Waals surface area contributed by atoms with Crippen molar-refractivity contribution in [2.45, 2.75) is 67.0 Å². The van der Waals surface area contributed by atoms with Crippen LogP contribution in [-0.2, 0) is 6.54 Å². The Balaban J connectivity index is 2.99. The lowest BCUT2D eigenvalue weighted by atomic mass is 10.1. The van der Waals surface area contributed by atoms with Gasteiger partial charge in [-0.25, -0.2) is 4.98 Å². The molecular formula is C18H33N3. The highest BCUT2D eigenvalue weighted by Gasteiger charge is 2.18. The average Bonchev–Trinajstić information content (AvgIpc) is 2.45. The second-order valence-corrected chi connectivity index (χ2v) is 6.21. The van der Waals surface area contributed by atoms with Gasteiger partial charge in [-0.15, -0.1) is 0 Å². The smallest absolute Gasteiger partial charge is 0.129 e. The molecule has 0 amide bonds. The molecule has 120 valence electrons. The fourth-order valence-electron chi connectivity index (χ4n) is 2.74. The van der Waals surface area contributed by atoms with E-state index in [2.05, 4.69) is 63.9 Å². The first-order valence-electron chi connectivity index (χ1n) is 8.47. The van der Waals surface area contributed by atoms with Crippen molar-refractivity contribution in [2.75, 3.05) is 18.0 Å². The summed E-state index contributed by atoms with van der Waals surface area (Å²) in [6, 6.07) is 5.01. The molecule has 1 N–H and O–H groups in total. The van der Waals surface area contributed by atoms with Gasteiger partial charge in [-0.05, 0) is 43.9 Å². The van der Waals surface area contributed by atoms with Gasteiger partial charge in [-0.1, -0.05) is 40.7 Å². The monoisotopic (exact) mass is 291 g/mol. The van der Waals surface area contributed by atoms with Gasteiger partial charge in [0.1, 0.15) is 5.82 Å². The molecule has 0 aliphatic carbocycles. The number of hydrogen-bond donors (Lipinski definition) is 1. The van der Waals surface area contributed by atoms with E-state index in [0.717, 1.165) is 31.1 Å². The van der Waals surface area contributed by atoms with Crippen molar-refractivity contribution in [1.29, 1.82) is 0 Å². The van der Waals surface area contributed by atoms with Gasteiger partial charge in [0.2, 0.25) is 0 Å². The maximum Gasteiger partial charge on any atom is 0.129 e. The summed E-state index contributed by atoms with van der Waals surface area (Å²) in [4.78, 5) is 7.38. The van der Waals surface area contributed by atoms with E-state index in [1.165, 1.54) is 18.4 Å². The molecule has 3 nitrogen and oxygen atoms in total. The molecule has 1 aromatic heterocycles. The standard InChI is InChI=1S/C18H33N3/c1-7-17(8-2)21(13-14(4)5)18-11-10-16(12-19-9-3)15(6)20-18/h10-11,14,17,19H,7-9,12-13H2,1-6H3. The summed E-state index contributed by atoms with van der Waals surface area (Å²) >= 11 is 0. The minimum Gasteiger partial charge on any atom is -0.353 e. The minimum absolute atomic E-state index is 0.582. The Bertz CT molecular complexity index is 411. The van der Waals surface area contributed by atoms with Crippen molar-refractivity contribution in [3.63, 3.8) is 0 Å². The molecule has 0 aromatic carbocycles. The van der Waals surface area contributed by atoms with Crippen molar-refractivity contribution in [3.8, 4) is 0 Å². The number of aromatic nitrogens is 1. The van der Waals surface area contributed by atoms with Crippen LogP contribution in [0, 0.1) is 12.8 Å². The second kappa shape index (κ2) is 9.04. The third kappa shape index (κ3) is 5.31. The molecule has 0 spiro atoms. The third-order valence-electron chi connectivity index (χ3n) is 3.99. The molecule has 3 heteroatoms. The van der Waals surface area contributed by atoms with E-state index in [-0.39, 0.29) is 0 Å². The zero-order chi connectivity index (χ0) is 15.8. The minimum atomic E-state index is 0.582. The number of nitrogens with zero attached hydrogens (tertiary/aromatic N) is 2. The number of aryl methyl sites for hydroxylation is 1. The van der Waals surface area contributed by atoms with Gasteiger partial charge >= 0.3 is 0 Å². The predicted octanol–water partition coefficient (Wildman–Crippen LogP) is 4.15. The Labute approximate surface area is 131 Å². The van der Waals surface area contributed by atoms with Crippen LogP contribution in [0.3, 0.4) is 0 Å². The Morgan fingerprint density at radius 2 is 1.81 bits per heavy atom. The van der Waals surface area contributed by atoms with Gasteiger partial charge in [0.15, 0.2) is 0 Å². The molecular weight excluding hydrogens is 258 g/mol. The van der Waals surface area contributed by atoms with Gasteiger partial charge in [0, 0.05) is 24.8 Å². The van der Waals surface area contributed by atoms with Gasteiger partial charge < -0.3 is 10.2 Å². The van der Waals surface area contributed by atoms with E-state index in [1.54, 1.807) is 0 Å². The maximum atomic E-state index is 4.88. The lowest BCUT2D eigenvalue weighted by Gasteiger charge is -2.33. The van der Waals surface area contributed by atoms with E-state index in [0.29, 0.717) is 12.0 Å². The number of nitrogens with one attached hydrogen (secondary N) is 1. The third-order valence-corrected chi connectivity index (χ3v) is 3.99. The molecule has 0 aliphatic heterocycles. The predicted molar refractivity (Wildman–Crippen MR) is 92.9 cm³/mol. The van der Waals surface area contributed by atoms with E-state index in [9.17, 15) is 0 Å². The van der Waals surface area contributed by atoms with Crippen LogP contribution in [0.25, 0.3) is 0 Å². The van der Waals surface area contributed by atoms with E-state index >= 15 is 0 Å². The zero-order valence-electron chi connectivity index (χ0n) is 14.7. The molecule has 0 radical (unpaired) electrons. The Morgan fingerprint density at radius 1 is 1.14 bits per heavy atom. The highest BCUT2D eigenvalue weighted by Crippen LogP contribution is 2.21. The Hall–Kier alpha value is -1.09. The first kappa shape index (κ1) is 18.0. The van der Waals surface area contributed by atoms with Crippen molar-refractivity contribution in [2.24, 2.45) is 5.92 Å². The van der Waals surface area contributed by atoms with Crippen LogP contribution in [0.1, 0.15) is 58.7 Å². The molecule has 0 aliphatic rings. The summed E-state index contributed by atoms with van der Waals surface area (Å²) in [5.41, 5.74) is 2.45. The fraction of sp³-hybridized carbons (Fsp3) is 0.722. The van der Waals surface area contributed by atoms with E-state index in [1.807, 2.05) is 0 Å². The van der Waals surface area contributed by atoms with Gasteiger partial charge in [0.05, 0.1) is 0 Å². The summed E-state index contributed by atoms with van der Waals surface area (Å²) in [7, 11) is 0. The van der Waals surface area contributed by atoms with Crippen LogP contribution in [0.5, 0.6) is 0 Å². The maximum absolute atomic E-state index is 4.88. The summed E-state index contributed by atoms with van der Waals surface area (Å²) in [6.07, 6.45) is 2.34. The van der Waals surface area contributed by atoms with E-state index in [4.69, 9.17) is 4.98 Å². The van der Waals surface area contributed by atoms with Crippen LogP contribution >= 0.6 is 0 Å². The Morgan fingerprint density at radius 3 is 2.29 bits per heavy atom. The number of anilines is 1. The molecule has 0 bridgehead atoms. The Kier molecular flexibility index (Phi) is 7.73. The summed E-state index contributed by atoms with van der Waals surface area (Å²) in [5, 5.41) is 3.38. The summed E-state index contributed by atoms with van der Waals surface area (Å²) < 4.78 is 0. The van der Waals surface area contributed by atoms with Gasteiger partial charge in [-0.2, -0.15) is 0 Å². The highest BCUT2D eigenvalue weighted by molar-refractivity contribution is 5.43. The molecule has 1 aromatic rings. The first-order valence-corrected chi connectivity index (χ1v) is 8.47. The molecule has 21 heavy (non-hydrogen) atoms. The molecule has 0 atom stereocenters. The zero-order valence-corrected chi connectivity index (χ0v) is 14.7. The first-order chi connectivity index (χ1) is 10.0. The lowest BCUT2D eigenvalue weighted by Crippen LogP contribution is -2.38. The largest absolute Gasteiger partial charge is 0.353 e. The number of hydrogen-bond acceptors (Lipinski definition) is 3. The van der Waals surface area contributed by atoms with Gasteiger partial charge in [-0.3, -0.25) is 0 Å². The van der Waals surface area contributed by atoms with Crippen molar-refractivity contribution in [1.82, 2.24) is 10.3 Å². The van der Waals surface area contributed by atoms with Crippen LogP contribution in [0.2, 0.25) is 0 Å². The second-order valence-electron chi connectivity index (χ2n) is 6.21. The lowest BCUT2D eigenvalue weighted by molar-refractivity contribution is 0.503. The fourth-order valence-corrected chi connectivity index (χ4v) is 2.74. The molecule has 1 rings (SSSR count). The van der Waals surface area contributed by atoms with Gasteiger partial charge in [0.25, 0.3) is 0 Å². The average molecular weight is 291 g/mol. The summed E-state index contributed by atoms with van der Waals surface area (Å²) in [5.74, 6) is 1.78. The van der Waals surface area contributed by atoms with Crippen LogP contribution in [-0.4, -0.2) is 24.1 Å².